The number of rotatable bonds is 4. The monoisotopic (exact) mass is 243 g/mol. The van der Waals surface area contributed by atoms with Crippen LogP contribution in [0.5, 0.6) is 0 Å². The maximum Gasteiger partial charge on any atom is 0.251 e. The van der Waals surface area contributed by atoms with Gasteiger partial charge in [0.25, 0.3) is 5.91 Å². The van der Waals surface area contributed by atoms with E-state index in [0.717, 1.165) is 24.9 Å². The fraction of sp³-hybridized carbons (Fsp3) is 0.438. The highest BCUT2D eigenvalue weighted by Gasteiger charge is 2.03. The van der Waals surface area contributed by atoms with E-state index in [1.54, 1.807) is 0 Å². The molecule has 1 aromatic carbocycles. The van der Waals surface area contributed by atoms with Gasteiger partial charge in [0.05, 0.1) is 0 Å². The predicted molar refractivity (Wildman–Crippen MR) is 75.4 cm³/mol. The van der Waals surface area contributed by atoms with Gasteiger partial charge in [-0.15, -0.1) is 0 Å². The van der Waals surface area contributed by atoms with Crippen molar-refractivity contribution in [3.8, 4) is 11.8 Å². The Balaban J connectivity index is 2.60. The van der Waals surface area contributed by atoms with Gasteiger partial charge in [0.15, 0.2) is 0 Å². The van der Waals surface area contributed by atoms with Crippen LogP contribution in [0, 0.1) is 17.8 Å². The van der Waals surface area contributed by atoms with Crippen LogP contribution in [0.2, 0.25) is 0 Å². The summed E-state index contributed by atoms with van der Waals surface area (Å²) in [6.45, 7) is 6.96. The highest BCUT2D eigenvalue weighted by molar-refractivity contribution is 5.94. The average Bonchev–Trinajstić information content (AvgIpc) is 2.37. The van der Waals surface area contributed by atoms with E-state index in [1.165, 1.54) is 0 Å². The van der Waals surface area contributed by atoms with Gasteiger partial charge in [-0.3, -0.25) is 4.79 Å². The molecule has 0 saturated carbocycles. The molecule has 1 aromatic rings. The van der Waals surface area contributed by atoms with Crippen LogP contribution in [-0.4, -0.2) is 12.5 Å². The van der Waals surface area contributed by atoms with E-state index in [0.29, 0.717) is 11.5 Å². The highest BCUT2D eigenvalue weighted by Crippen LogP contribution is 2.04. The molecule has 0 atom stereocenters. The Kier molecular flexibility index (Phi) is 6.00. The molecule has 0 bridgehead atoms. The molecule has 0 aromatic heterocycles. The molecule has 0 aliphatic carbocycles. The van der Waals surface area contributed by atoms with Gasteiger partial charge in [-0.05, 0) is 30.7 Å². The first-order chi connectivity index (χ1) is 8.63. The van der Waals surface area contributed by atoms with Gasteiger partial charge in [-0.2, -0.15) is 0 Å². The van der Waals surface area contributed by atoms with Gasteiger partial charge in [0.2, 0.25) is 0 Å². The molecule has 0 fully saturated rings. The average molecular weight is 243 g/mol. The van der Waals surface area contributed by atoms with E-state index >= 15 is 0 Å². The van der Waals surface area contributed by atoms with Crippen LogP contribution < -0.4 is 5.32 Å². The molecule has 2 nitrogen and oxygen atoms in total. The minimum absolute atomic E-state index is 0.00758. The van der Waals surface area contributed by atoms with Crippen molar-refractivity contribution in [1.29, 1.82) is 0 Å². The molecule has 2 heteroatoms. The van der Waals surface area contributed by atoms with E-state index in [-0.39, 0.29) is 5.91 Å². The number of nitrogens with one attached hydrogen (secondary N) is 1. The van der Waals surface area contributed by atoms with Crippen molar-refractivity contribution in [2.45, 2.75) is 33.6 Å². The molecule has 0 radical (unpaired) electrons. The van der Waals surface area contributed by atoms with E-state index in [2.05, 4.69) is 37.9 Å². The number of hydrogen-bond donors (Lipinski definition) is 1. The molecule has 96 valence electrons. The van der Waals surface area contributed by atoms with Crippen LogP contribution in [0.25, 0.3) is 0 Å². The summed E-state index contributed by atoms with van der Waals surface area (Å²) in [5.41, 5.74) is 1.65. The number of carbonyl (C=O) groups is 1. The summed E-state index contributed by atoms with van der Waals surface area (Å²) in [7, 11) is 0. The Morgan fingerprint density at radius 2 is 1.94 bits per heavy atom. The molecule has 0 saturated heterocycles. The third kappa shape index (κ3) is 5.05. The Labute approximate surface area is 110 Å². The summed E-state index contributed by atoms with van der Waals surface area (Å²) in [6, 6.07) is 7.44. The summed E-state index contributed by atoms with van der Waals surface area (Å²) in [5, 5.41) is 2.89. The number of hydrogen-bond acceptors (Lipinski definition) is 1. The lowest BCUT2D eigenvalue weighted by Gasteiger charge is -2.04. The Hall–Kier alpha value is -1.75. The molecule has 0 heterocycles. The Bertz CT molecular complexity index is 434. The third-order valence-electron chi connectivity index (χ3n) is 2.47. The molecule has 0 aliphatic rings. The maximum absolute atomic E-state index is 11.7. The summed E-state index contributed by atoms with van der Waals surface area (Å²) in [5.74, 6) is 6.54. The topological polar surface area (TPSA) is 29.1 Å². The summed E-state index contributed by atoms with van der Waals surface area (Å²) >= 11 is 0. The molecule has 0 unspecified atom stereocenters. The van der Waals surface area contributed by atoms with Gasteiger partial charge in [-0.25, -0.2) is 0 Å². The number of unbranched alkanes of at least 4 members (excludes halogenated alkanes) is 1. The van der Waals surface area contributed by atoms with Crippen LogP contribution in [-0.2, 0) is 0 Å². The second-order valence-corrected chi connectivity index (χ2v) is 4.61. The number of benzene rings is 1. The van der Waals surface area contributed by atoms with E-state index in [1.807, 2.05) is 24.3 Å². The molecule has 1 N–H and O–H groups in total. The normalized spacial score (nSPS) is 9.78. The quantitative estimate of drug-likeness (QED) is 0.638. The van der Waals surface area contributed by atoms with Crippen molar-refractivity contribution in [2.75, 3.05) is 6.54 Å². The van der Waals surface area contributed by atoms with Gasteiger partial charge < -0.3 is 5.32 Å². The van der Waals surface area contributed by atoms with Gasteiger partial charge in [0.1, 0.15) is 0 Å². The van der Waals surface area contributed by atoms with Crippen molar-refractivity contribution in [1.82, 2.24) is 5.32 Å². The first-order valence-corrected chi connectivity index (χ1v) is 6.53. The minimum atomic E-state index is -0.00758. The lowest BCUT2D eigenvalue weighted by molar-refractivity contribution is 0.0953. The largest absolute Gasteiger partial charge is 0.352 e. The molecule has 18 heavy (non-hydrogen) atoms. The van der Waals surface area contributed by atoms with Crippen LogP contribution in [0.1, 0.15) is 49.5 Å². The first-order valence-electron chi connectivity index (χ1n) is 6.53. The van der Waals surface area contributed by atoms with E-state index in [4.69, 9.17) is 0 Å². The molecular formula is C16H21NO. The predicted octanol–water partition coefficient (Wildman–Crippen LogP) is 3.22. The second kappa shape index (κ2) is 7.55. The number of carbonyl (C=O) groups excluding carboxylic acids is 1. The van der Waals surface area contributed by atoms with Crippen LogP contribution in [0.4, 0.5) is 0 Å². The zero-order chi connectivity index (χ0) is 13.4. The SMILES string of the molecule is CCCCNC(=O)c1ccc(C#CC(C)C)cc1. The lowest BCUT2D eigenvalue weighted by Crippen LogP contribution is -2.24. The second-order valence-electron chi connectivity index (χ2n) is 4.61. The van der Waals surface area contributed by atoms with Crippen molar-refractivity contribution < 1.29 is 4.79 Å². The smallest absolute Gasteiger partial charge is 0.251 e. The highest BCUT2D eigenvalue weighted by atomic mass is 16.1. The fourth-order valence-electron chi connectivity index (χ4n) is 1.41. The van der Waals surface area contributed by atoms with Gasteiger partial charge in [0, 0.05) is 23.6 Å². The Morgan fingerprint density at radius 1 is 1.28 bits per heavy atom. The van der Waals surface area contributed by atoms with Crippen molar-refractivity contribution in [2.24, 2.45) is 5.92 Å². The van der Waals surface area contributed by atoms with E-state index < -0.39 is 0 Å². The fourth-order valence-corrected chi connectivity index (χ4v) is 1.41. The van der Waals surface area contributed by atoms with Crippen molar-refractivity contribution >= 4 is 5.91 Å². The minimum Gasteiger partial charge on any atom is -0.352 e. The van der Waals surface area contributed by atoms with Crippen LogP contribution in [0.3, 0.4) is 0 Å². The van der Waals surface area contributed by atoms with Crippen molar-refractivity contribution in [3.05, 3.63) is 35.4 Å². The van der Waals surface area contributed by atoms with Gasteiger partial charge >= 0.3 is 0 Å². The molecule has 0 aliphatic heterocycles. The first kappa shape index (κ1) is 14.3. The molecule has 0 spiro atoms. The lowest BCUT2D eigenvalue weighted by atomic mass is 10.1. The van der Waals surface area contributed by atoms with Crippen LogP contribution in [0.15, 0.2) is 24.3 Å². The summed E-state index contributed by atoms with van der Waals surface area (Å²) in [6.07, 6.45) is 2.10. The standard InChI is InChI=1S/C16H21NO/c1-4-5-12-17-16(18)15-10-8-14(9-11-15)7-6-13(2)3/h8-11,13H,4-5,12H2,1-3H3,(H,17,18). The zero-order valence-electron chi connectivity index (χ0n) is 11.4. The molecule has 1 rings (SSSR count). The Morgan fingerprint density at radius 3 is 2.50 bits per heavy atom. The molecular weight excluding hydrogens is 222 g/mol. The summed E-state index contributed by atoms with van der Waals surface area (Å²) < 4.78 is 0. The van der Waals surface area contributed by atoms with Gasteiger partial charge in [-0.1, -0.05) is 39.0 Å². The summed E-state index contributed by atoms with van der Waals surface area (Å²) in [4.78, 5) is 11.7. The van der Waals surface area contributed by atoms with Crippen LogP contribution >= 0.6 is 0 Å². The number of amides is 1. The van der Waals surface area contributed by atoms with E-state index in [9.17, 15) is 4.79 Å². The zero-order valence-corrected chi connectivity index (χ0v) is 11.4. The molecule has 1 amide bonds. The maximum atomic E-state index is 11.7. The third-order valence-corrected chi connectivity index (χ3v) is 2.47. The van der Waals surface area contributed by atoms with Crippen molar-refractivity contribution in [3.63, 3.8) is 0 Å².